The lowest BCUT2D eigenvalue weighted by molar-refractivity contribution is 1.01. The summed E-state index contributed by atoms with van der Waals surface area (Å²) in [5.41, 5.74) is 11.7. The lowest BCUT2D eigenvalue weighted by Gasteiger charge is -2.04. The molecule has 0 atom stereocenters. The summed E-state index contributed by atoms with van der Waals surface area (Å²) in [4.78, 5) is 20.7. The molecule has 2 rings (SSSR count). The van der Waals surface area contributed by atoms with Crippen LogP contribution in [0, 0.1) is 0 Å². The molecule has 0 saturated heterocycles. The molecule has 0 amide bonds. The number of aromatic nitrogens is 3. The van der Waals surface area contributed by atoms with Gasteiger partial charge in [-0.2, -0.15) is 9.97 Å². The average Bonchev–Trinajstić information content (AvgIpc) is 2.20. The molecule has 0 unspecified atom stereocenters. The van der Waals surface area contributed by atoms with Gasteiger partial charge >= 0.3 is 5.69 Å². The minimum absolute atomic E-state index is 0.0120. The van der Waals surface area contributed by atoms with Crippen molar-refractivity contribution in [2.45, 2.75) is 0 Å². The number of nitrogens with one attached hydrogen (secondary N) is 2. The normalized spacial score (nSPS) is 10.0. The van der Waals surface area contributed by atoms with E-state index in [1.54, 1.807) is 24.3 Å². The SMILES string of the molecule is Nc1ccc(Nc2nc(N)[nH]c(=O)n2)cc1. The number of nitrogens with two attached hydrogens (primary N) is 2. The fraction of sp³-hybridized carbons (Fsp3) is 0. The van der Waals surface area contributed by atoms with Crippen molar-refractivity contribution >= 4 is 23.3 Å². The summed E-state index contributed by atoms with van der Waals surface area (Å²) in [6.07, 6.45) is 0. The zero-order valence-electron chi connectivity index (χ0n) is 8.27. The molecule has 0 aliphatic carbocycles. The van der Waals surface area contributed by atoms with Crippen molar-refractivity contribution in [1.29, 1.82) is 0 Å². The predicted molar refractivity (Wildman–Crippen MR) is 61.2 cm³/mol. The van der Waals surface area contributed by atoms with E-state index in [2.05, 4.69) is 20.3 Å². The molecule has 0 aliphatic heterocycles. The number of benzene rings is 1. The van der Waals surface area contributed by atoms with E-state index >= 15 is 0 Å². The predicted octanol–water partition coefficient (Wildman–Crippen LogP) is 0.0729. The number of rotatable bonds is 2. The third-order valence-electron chi connectivity index (χ3n) is 1.84. The summed E-state index contributed by atoms with van der Waals surface area (Å²) in [7, 11) is 0. The van der Waals surface area contributed by atoms with Crippen molar-refractivity contribution in [2.75, 3.05) is 16.8 Å². The standard InChI is InChI=1S/C9H10N6O/c10-5-1-3-6(4-2-5)12-8-13-7(11)14-9(16)15-8/h1-4H,10H2,(H4,11,12,13,14,15,16). The minimum Gasteiger partial charge on any atom is -0.399 e. The Morgan fingerprint density at radius 1 is 1.12 bits per heavy atom. The second kappa shape index (κ2) is 3.89. The Balaban J connectivity index is 2.26. The third kappa shape index (κ3) is 2.27. The molecule has 0 radical (unpaired) electrons. The molecule has 7 heteroatoms. The van der Waals surface area contributed by atoms with Crippen molar-refractivity contribution in [1.82, 2.24) is 15.0 Å². The molecule has 1 heterocycles. The zero-order valence-corrected chi connectivity index (χ0v) is 8.27. The van der Waals surface area contributed by atoms with Crippen molar-refractivity contribution < 1.29 is 0 Å². The molecule has 2 aromatic rings. The van der Waals surface area contributed by atoms with Gasteiger partial charge in [0.25, 0.3) is 0 Å². The van der Waals surface area contributed by atoms with Gasteiger partial charge in [0.05, 0.1) is 0 Å². The van der Waals surface area contributed by atoms with Gasteiger partial charge in [0, 0.05) is 11.4 Å². The Morgan fingerprint density at radius 2 is 1.81 bits per heavy atom. The number of anilines is 4. The van der Waals surface area contributed by atoms with Crippen LogP contribution in [-0.2, 0) is 0 Å². The second-order valence-corrected chi connectivity index (χ2v) is 3.11. The van der Waals surface area contributed by atoms with E-state index in [1.807, 2.05) is 0 Å². The van der Waals surface area contributed by atoms with Gasteiger partial charge in [-0.25, -0.2) is 4.79 Å². The minimum atomic E-state index is -0.551. The molecule has 0 bridgehead atoms. The van der Waals surface area contributed by atoms with E-state index in [0.717, 1.165) is 5.69 Å². The quantitative estimate of drug-likeness (QED) is 0.529. The highest BCUT2D eigenvalue weighted by Gasteiger charge is 2.00. The smallest absolute Gasteiger partial charge is 0.350 e. The average molecular weight is 218 g/mol. The molecule has 6 N–H and O–H groups in total. The first-order chi connectivity index (χ1) is 7.63. The number of hydrogen-bond acceptors (Lipinski definition) is 6. The van der Waals surface area contributed by atoms with Gasteiger partial charge in [0.1, 0.15) is 0 Å². The molecule has 1 aromatic heterocycles. The Morgan fingerprint density at radius 3 is 2.44 bits per heavy atom. The van der Waals surface area contributed by atoms with E-state index in [0.29, 0.717) is 5.69 Å². The third-order valence-corrected chi connectivity index (χ3v) is 1.84. The van der Waals surface area contributed by atoms with Crippen LogP contribution in [0.3, 0.4) is 0 Å². The molecule has 82 valence electrons. The summed E-state index contributed by atoms with van der Waals surface area (Å²) < 4.78 is 0. The molecule has 7 nitrogen and oxygen atoms in total. The van der Waals surface area contributed by atoms with E-state index in [9.17, 15) is 4.79 Å². The van der Waals surface area contributed by atoms with Gasteiger partial charge in [-0.05, 0) is 24.3 Å². The number of hydrogen-bond donors (Lipinski definition) is 4. The van der Waals surface area contributed by atoms with Crippen LogP contribution < -0.4 is 22.5 Å². The fourth-order valence-electron chi connectivity index (χ4n) is 1.15. The maximum Gasteiger partial charge on any atom is 0.350 e. The van der Waals surface area contributed by atoms with Gasteiger partial charge in [-0.1, -0.05) is 0 Å². The van der Waals surface area contributed by atoms with Crippen molar-refractivity contribution in [3.63, 3.8) is 0 Å². The first kappa shape index (κ1) is 9.97. The van der Waals surface area contributed by atoms with Crippen LogP contribution >= 0.6 is 0 Å². The maximum absolute atomic E-state index is 11.0. The molecule has 0 saturated carbocycles. The van der Waals surface area contributed by atoms with Crippen LogP contribution in [0.5, 0.6) is 0 Å². The second-order valence-electron chi connectivity index (χ2n) is 3.11. The monoisotopic (exact) mass is 218 g/mol. The Labute approximate surface area is 90.5 Å². The van der Waals surface area contributed by atoms with Crippen molar-refractivity contribution in [3.8, 4) is 0 Å². The summed E-state index contributed by atoms with van der Waals surface area (Å²) >= 11 is 0. The lowest BCUT2D eigenvalue weighted by atomic mass is 10.3. The highest BCUT2D eigenvalue weighted by Crippen LogP contribution is 2.13. The lowest BCUT2D eigenvalue weighted by Crippen LogP contribution is -2.16. The summed E-state index contributed by atoms with van der Waals surface area (Å²) in [6, 6.07) is 6.93. The Hall–Kier alpha value is -2.57. The maximum atomic E-state index is 11.0. The first-order valence-electron chi connectivity index (χ1n) is 4.50. The van der Waals surface area contributed by atoms with Crippen LogP contribution in [0.2, 0.25) is 0 Å². The number of nitrogens with zero attached hydrogens (tertiary/aromatic N) is 2. The van der Waals surface area contributed by atoms with Gasteiger partial charge in [0.15, 0.2) is 0 Å². The van der Waals surface area contributed by atoms with E-state index in [1.165, 1.54) is 0 Å². The highest BCUT2D eigenvalue weighted by atomic mass is 16.1. The summed E-state index contributed by atoms with van der Waals surface area (Å²) in [6.45, 7) is 0. The number of H-pyrrole nitrogens is 1. The van der Waals surface area contributed by atoms with E-state index in [-0.39, 0.29) is 11.9 Å². The number of nitrogen functional groups attached to an aromatic ring is 2. The zero-order chi connectivity index (χ0) is 11.5. The van der Waals surface area contributed by atoms with Crippen LogP contribution in [-0.4, -0.2) is 15.0 Å². The van der Waals surface area contributed by atoms with Crippen LogP contribution in [0.4, 0.5) is 23.3 Å². The van der Waals surface area contributed by atoms with Crippen LogP contribution in [0.1, 0.15) is 0 Å². The van der Waals surface area contributed by atoms with E-state index < -0.39 is 5.69 Å². The fourth-order valence-corrected chi connectivity index (χ4v) is 1.15. The molecular formula is C9H10N6O. The van der Waals surface area contributed by atoms with Gasteiger partial charge < -0.3 is 16.8 Å². The van der Waals surface area contributed by atoms with Gasteiger partial charge in [-0.15, -0.1) is 0 Å². The van der Waals surface area contributed by atoms with Crippen LogP contribution in [0.25, 0.3) is 0 Å². The number of aromatic amines is 1. The first-order valence-corrected chi connectivity index (χ1v) is 4.50. The molecule has 0 spiro atoms. The Kier molecular flexibility index (Phi) is 2.42. The highest BCUT2D eigenvalue weighted by molar-refractivity contribution is 5.57. The summed E-state index contributed by atoms with van der Waals surface area (Å²) in [5.74, 6) is 0.156. The topological polar surface area (TPSA) is 123 Å². The molecule has 16 heavy (non-hydrogen) atoms. The molecule has 0 fully saturated rings. The van der Waals surface area contributed by atoms with Crippen molar-refractivity contribution in [2.24, 2.45) is 0 Å². The largest absolute Gasteiger partial charge is 0.399 e. The van der Waals surface area contributed by atoms with Crippen LogP contribution in [0.15, 0.2) is 29.1 Å². The van der Waals surface area contributed by atoms with Crippen molar-refractivity contribution in [3.05, 3.63) is 34.7 Å². The van der Waals surface area contributed by atoms with E-state index in [4.69, 9.17) is 11.5 Å². The summed E-state index contributed by atoms with van der Waals surface area (Å²) in [5, 5.41) is 2.84. The molecular weight excluding hydrogens is 208 g/mol. The molecule has 0 aliphatic rings. The van der Waals surface area contributed by atoms with Gasteiger partial charge in [0.2, 0.25) is 11.9 Å². The molecule has 1 aromatic carbocycles. The van der Waals surface area contributed by atoms with Gasteiger partial charge in [-0.3, -0.25) is 4.98 Å². The Bertz CT molecular complexity index is 547.